The molecule has 0 spiro atoms. The number of halogens is 1. The van der Waals surface area contributed by atoms with Gasteiger partial charge in [-0.1, -0.05) is 12.1 Å². The van der Waals surface area contributed by atoms with E-state index in [1.54, 1.807) is 6.07 Å². The minimum atomic E-state index is -0.526. The van der Waals surface area contributed by atoms with E-state index in [1.807, 2.05) is 46.8 Å². The van der Waals surface area contributed by atoms with Crippen LogP contribution in [0.5, 0.6) is 0 Å². The molecule has 0 saturated carbocycles. The van der Waals surface area contributed by atoms with E-state index in [-0.39, 0.29) is 11.9 Å². The first-order chi connectivity index (χ1) is 11.2. The van der Waals surface area contributed by atoms with Gasteiger partial charge in [0.15, 0.2) is 0 Å². The molecule has 2 saturated heterocycles. The van der Waals surface area contributed by atoms with Crippen molar-refractivity contribution in [3.05, 3.63) is 29.6 Å². The number of hydrogen-bond donors (Lipinski definition) is 0. The Morgan fingerprint density at radius 2 is 1.88 bits per heavy atom. The molecule has 0 bridgehead atoms. The number of hydrogen-bond acceptors (Lipinski definition) is 4. The predicted octanol–water partition coefficient (Wildman–Crippen LogP) is 2.35. The zero-order valence-corrected chi connectivity index (χ0v) is 15.3. The van der Waals surface area contributed by atoms with Crippen LogP contribution in [0.2, 0.25) is 0 Å². The molecule has 4 nitrogen and oxygen atoms in total. The lowest BCUT2D eigenvalue weighted by Crippen LogP contribution is -2.41. The van der Waals surface area contributed by atoms with Crippen LogP contribution in [0.1, 0.15) is 40.2 Å². The van der Waals surface area contributed by atoms with Gasteiger partial charge in [-0.25, -0.2) is 4.39 Å². The Morgan fingerprint density at radius 3 is 2.46 bits per heavy atom. The molecule has 132 valence electrons. The molecular formula is C18H27BFNO3. The van der Waals surface area contributed by atoms with Crippen molar-refractivity contribution < 1.29 is 18.4 Å². The van der Waals surface area contributed by atoms with Gasteiger partial charge in [0, 0.05) is 25.2 Å². The van der Waals surface area contributed by atoms with Gasteiger partial charge in [0.1, 0.15) is 5.82 Å². The summed E-state index contributed by atoms with van der Waals surface area (Å²) in [4.78, 5) is 2.22. The summed E-state index contributed by atoms with van der Waals surface area (Å²) in [6, 6.07) is 5.29. The summed E-state index contributed by atoms with van der Waals surface area (Å²) >= 11 is 0. The van der Waals surface area contributed by atoms with Gasteiger partial charge in [-0.2, -0.15) is 0 Å². The average Bonchev–Trinajstić information content (AvgIpc) is 2.70. The minimum Gasteiger partial charge on any atom is -0.399 e. The minimum absolute atomic E-state index is 0.200. The molecule has 1 unspecified atom stereocenters. The molecule has 2 fully saturated rings. The number of morpholine rings is 1. The van der Waals surface area contributed by atoms with Crippen LogP contribution in [0.4, 0.5) is 4.39 Å². The maximum atomic E-state index is 14.6. The maximum Gasteiger partial charge on any atom is 0.494 e. The molecule has 24 heavy (non-hydrogen) atoms. The van der Waals surface area contributed by atoms with E-state index in [1.165, 1.54) is 0 Å². The van der Waals surface area contributed by atoms with Crippen LogP contribution >= 0.6 is 0 Å². The molecule has 0 aromatic heterocycles. The Labute approximate surface area is 144 Å². The van der Waals surface area contributed by atoms with Crippen molar-refractivity contribution in [1.29, 1.82) is 0 Å². The summed E-state index contributed by atoms with van der Waals surface area (Å²) in [5, 5.41) is 0. The zero-order valence-electron chi connectivity index (χ0n) is 15.3. The van der Waals surface area contributed by atoms with E-state index in [4.69, 9.17) is 14.0 Å². The lowest BCUT2D eigenvalue weighted by Gasteiger charge is -2.32. The molecule has 0 radical (unpaired) electrons. The maximum absolute atomic E-state index is 14.6. The highest BCUT2D eigenvalue weighted by molar-refractivity contribution is 6.62. The van der Waals surface area contributed by atoms with Gasteiger partial charge >= 0.3 is 7.12 Å². The molecule has 2 heterocycles. The smallest absolute Gasteiger partial charge is 0.399 e. The summed E-state index contributed by atoms with van der Waals surface area (Å²) < 4.78 is 32.1. The normalized spacial score (nSPS) is 26.8. The molecule has 1 atom stereocenters. The fourth-order valence-electron chi connectivity index (χ4n) is 3.09. The van der Waals surface area contributed by atoms with Crippen LogP contribution in [-0.4, -0.2) is 49.0 Å². The molecule has 0 aliphatic carbocycles. The van der Waals surface area contributed by atoms with Crippen molar-refractivity contribution >= 4 is 12.6 Å². The zero-order chi connectivity index (χ0) is 17.5. The molecule has 3 rings (SSSR count). The summed E-state index contributed by atoms with van der Waals surface area (Å²) in [6.07, 6.45) is 0.200. The quantitative estimate of drug-likeness (QED) is 0.794. The summed E-state index contributed by atoms with van der Waals surface area (Å²) in [5.74, 6) is -0.207. The number of benzene rings is 1. The summed E-state index contributed by atoms with van der Waals surface area (Å²) in [5.41, 5.74) is 0.586. The lowest BCUT2D eigenvalue weighted by atomic mass is 9.78. The molecule has 2 aliphatic heterocycles. The summed E-state index contributed by atoms with van der Waals surface area (Å²) in [6.45, 7) is 13.0. The topological polar surface area (TPSA) is 30.9 Å². The third-order valence-corrected chi connectivity index (χ3v) is 5.32. The van der Waals surface area contributed by atoms with Crippen LogP contribution < -0.4 is 5.46 Å². The molecule has 0 amide bonds. The van der Waals surface area contributed by atoms with Gasteiger partial charge in [-0.05, 0) is 46.1 Å². The summed E-state index contributed by atoms with van der Waals surface area (Å²) in [7, 11) is -0.526. The van der Waals surface area contributed by atoms with Crippen molar-refractivity contribution in [3.63, 3.8) is 0 Å². The second-order valence-corrected chi connectivity index (χ2v) is 7.86. The second-order valence-electron chi connectivity index (χ2n) is 7.86. The Kier molecular flexibility index (Phi) is 4.77. The number of rotatable bonds is 3. The highest BCUT2D eigenvalue weighted by atomic mass is 19.1. The molecule has 6 heteroatoms. The van der Waals surface area contributed by atoms with Crippen LogP contribution in [0.3, 0.4) is 0 Å². The van der Waals surface area contributed by atoms with Gasteiger partial charge < -0.3 is 14.0 Å². The van der Waals surface area contributed by atoms with Crippen LogP contribution in [-0.2, 0) is 20.6 Å². The first kappa shape index (κ1) is 17.9. The van der Waals surface area contributed by atoms with Crippen molar-refractivity contribution in [2.45, 2.75) is 58.5 Å². The fourth-order valence-corrected chi connectivity index (χ4v) is 3.09. The van der Waals surface area contributed by atoms with Crippen LogP contribution in [0.25, 0.3) is 0 Å². The Balaban J connectivity index is 1.71. The predicted molar refractivity (Wildman–Crippen MR) is 92.8 cm³/mol. The Bertz CT molecular complexity index is 592. The van der Waals surface area contributed by atoms with Crippen molar-refractivity contribution in [3.8, 4) is 0 Å². The average molecular weight is 335 g/mol. The number of nitrogens with zero attached hydrogens (tertiary/aromatic N) is 1. The molecule has 0 N–H and O–H groups in total. The standard InChI is InChI=1S/C18H27BFNO3/c1-13-11-21(8-9-22-13)12-14-6-7-15(10-16(14)20)19-23-17(2,3)18(4,5)24-19/h6-7,10,13H,8-9,11-12H2,1-5H3. The van der Waals surface area contributed by atoms with Gasteiger partial charge in [0.2, 0.25) is 0 Å². The van der Waals surface area contributed by atoms with E-state index in [2.05, 4.69) is 4.90 Å². The van der Waals surface area contributed by atoms with Gasteiger partial charge in [0.25, 0.3) is 0 Å². The highest BCUT2D eigenvalue weighted by Gasteiger charge is 2.51. The Hall–Kier alpha value is -0.945. The monoisotopic (exact) mass is 335 g/mol. The van der Waals surface area contributed by atoms with Crippen LogP contribution in [0, 0.1) is 5.82 Å². The van der Waals surface area contributed by atoms with Gasteiger partial charge in [-0.3, -0.25) is 4.90 Å². The Morgan fingerprint density at radius 1 is 1.21 bits per heavy atom. The van der Waals surface area contributed by atoms with Crippen molar-refractivity contribution in [2.75, 3.05) is 19.7 Å². The highest BCUT2D eigenvalue weighted by Crippen LogP contribution is 2.36. The van der Waals surface area contributed by atoms with Gasteiger partial charge in [0.05, 0.1) is 23.9 Å². The van der Waals surface area contributed by atoms with E-state index in [9.17, 15) is 4.39 Å². The van der Waals surface area contributed by atoms with E-state index < -0.39 is 18.3 Å². The number of ether oxygens (including phenoxy) is 1. The third kappa shape index (κ3) is 3.52. The lowest BCUT2D eigenvalue weighted by molar-refractivity contribution is -0.0215. The first-order valence-electron chi connectivity index (χ1n) is 8.66. The van der Waals surface area contributed by atoms with Crippen LogP contribution in [0.15, 0.2) is 18.2 Å². The second kappa shape index (κ2) is 6.41. The SMILES string of the molecule is CC1CN(Cc2ccc(B3OC(C)(C)C(C)(C)O3)cc2F)CCO1. The third-order valence-electron chi connectivity index (χ3n) is 5.32. The first-order valence-corrected chi connectivity index (χ1v) is 8.66. The van der Waals surface area contributed by atoms with Crippen molar-refractivity contribution in [2.24, 2.45) is 0 Å². The molecule has 1 aromatic carbocycles. The van der Waals surface area contributed by atoms with Crippen molar-refractivity contribution in [1.82, 2.24) is 4.90 Å². The molecule has 2 aliphatic rings. The molecule has 1 aromatic rings. The largest absolute Gasteiger partial charge is 0.494 e. The van der Waals surface area contributed by atoms with Gasteiger partial charge in [-0.15, -0.1) is 0 Å². The van der Waals surface area contributed by atoms with E-state index >= 15 is 0 Å². The van der Waals surface area contributed by atoms with E-state index in [0.29, 0.717) is 18.7 Å². The molecular weight excluding hydrogens is 308 g/mol. The fraction of sp³-hybridized carbons (Fsp3) is 0.667. The van der Waals surface area contributed by atoms with E-state index in [0.717, 1.165) is 18.6 Å².